The third-order valence-electron chi connectivity index (χ3n) is 6.27. The number of nitrogens with zero attached hydrogens (tertiary/aromatic N) is 5. The van der Waals surface area contributed by atoms with Gasteiger partial charge in [0.25, 0.3) is 0 Å². The number of rotatable bonds is 4. The highest BCUT2D eigenvalue weighted by atomic mass is 16.2. The van der Waals surface area contributed by atoms with Gasteiger partial charge >= 0.3 is 0 Å². The number of hydrogen-bond acceptors (Lipinski definition) is 5. The first kappa shape index (κ1) is 18.9. The molecule has 1 aromatic carbocycles. The molecule has 0 aliphatic carbocycles. The van der Waals surface area contributed by atoms with Crippen molar-refractivity contribution in [3.63, 3.8) is 0 Å². The first-order valence-corrected chi connectivity index (χ1v) is 10.0. The topological polar surface area (TPSA) is 52.6 Å². The van der Waals surface area contributed by atoms with Crippen LogP contribution in [0.2, 0.25) is 0 Å². The quantitative estimate of drug-likeness (QED) is 0.816. The number of benzene rings is 1. The Morgan fingerprint density at radius 1 is 1.21 bits per heavy atom. The van der Waals surface area contributed by atoms with Gasteiger partial charge in [0.1, 0.15) is 0 Å². The van der Waals surface area contributed by atoms with E-state index in [4.69, 9.17) is 0 Å². The summed E-state index contributed by atoms with van der Waals surface area (Å²) < 4.78 is 0. The number of piperidine rings is 1. The van der Waals surface area contributed by atoms with Crippen LogP contribution >= 0.6 is 0 Å². The van der Waals surface area contributed by atoms with Crippen LogP contribution in [-0.4, -0.2) is 65.4 Å². The van der Waals surface area contributed by atoms with Crippen LogP contribution in [0.25, 0.3) is 0 Å². The number of fused-ring (bicyclic) bond motifs is 1. The van der Waals surface area contributed by atoms with E-state index < -0.39 is 5.41 Å². The average Bonchev–Trinajstić information content (AvgIpc) is 3.09. The Morgan fingerprint density at radius 3 is 2.68 bits per heavy atom. The van der Waals surface area contributed by atoms with Crippen LogP contribution in [0, 0.1) is 12.3 Å². The van der Waals surface area contributed by atoms with Crippen LogP contribution in [0.3, 0.4) is 0 Å². The molecule has 0 unspecified atom stereocenters. The number of aryl methyl sites for hydroxylation is 1. The number of anilines is 1. The Morgan fingerprint density at radius 2 is 1.96 bits per heavy atom. The summed E-state index contributed by atoms with van der Waals surface area (Å²) in [5.74, 6) is 0.964. The Kier molecular flexibility index (Phi) is 5.06. The molecule has 6 nitrogen and oxygen atoms in total. The van der Waals surface area contributed by atoms with Crippen LogP contribution in [-0.2, 0) is 11.3 Å². The minimum Gasteiger partial charge on any atom is -0.348 e. The van der Waals surface area contributed by atoms with E-state index in [1.54, 1.807) is 17.3 Å². The van der Waals surface area contributed by atoms with Gasteiger partial charge in [0, 0.05) is 52.7 Å². The molecular formula is C22H29N5O. The van der Waals surface area contributed by atoms with Crippen LogP contribution in [0.1, 0.15) is 24.0 Å². The summed E-state index contributed by atoms with van der Waals surface area (Å²) in [6.07, 6.45) is 5.47. The molecule has 0 spiro atoms. The molecule has 1 aromatic heterocycles. The lowest BCUT2D eigenvalue weighted by atomic mass is 9.74. The van der Waals surface area contributed by atoms with Gasteiger partial charge in [-0.15, -0.1) is 0 Å². The van der Waals surface area contributed by atoms with Gasteiger partial charge in [-0.2, -0.15) is 0 Å². The number of amides is 1. The fourth-order valence-corrected chi connectivity index (χ4v) is 4.94. The van der Waals surface area contributed by atoms with Crippen molar-refractivity contribution >= 4 is 11.9 Å². The summed E-state index contributed by atoms with van der Waals surface area (Å²) in [5, 5.41) is 0. The molecule has 2 saturated heterocycles. The first-order chi connectivity index (χ1) is 13.5. The van der Waals surface area contributed by atoms with Gasteiger partial charge in [0.05, 0.1) is 11.5 Å². The smallest absolute Gasteiger partial charge is 0.231 e. The summed E-state index contributed by atoms with van der Waals surface area (Å²) in [7, 11) is 3.74. The van der Waals surface area contributed by atoms with Gasteiger partial charge in [-0.1, -0.05) is 24.3 Å². The van der Waals surface area contributed by atoms with E-state index in [0.29, 0.717) is 0 Å². The van der Waals surface area contributed by atoms with Gasteiger partial charge in [-0.3, -0.25) is 9.69 Å². The lowest BCUT2D eigenvalue weighted by molar-refractivity contribution is -0.140. The average molecular weight is 380 g/mol. The molecule has 0 bridgehead atoms. The van der Waals surface area contributed by atoms with E-state index in [1.165, 1.54) is 11.1 Å². The lowest BCUT2D eigenvalue weighted by Crippen LogP contribution is -2.58. The van der Waals surface area contributed by atoms with E-state index in [1.807, 2.05) is 20.2 Å². The Bertz CT molecular complexity index is 840. The third-order valence-corrected chi connectivity index (χ3v) is 6.27. The first-order valence-electron chi connectivity index (χ1n) is 10.0. The standard InChI is InChI=1S/C22H29N5O/c1-17-8-4-5-9-18(17)14-26-15-19-22(16-26,20(28)25(2)3)10-6-13-27(19)21-23-11-7-12-24-21/h4-5,7-9,11-12,19H,6,10,13-16H2,1-3H3/t19-,22-/m1/s1. The fourth-order valence-electron chi connectivity index (χ4n) is 4.94. The van der Waals surface area contributed by atoms with Crippen molar-refractivity contribution in [3.05, 3.63) is 53.9 Å². The van der Waals surface area contributed by atoms with Crippen LogP contribution in [0.5, 0.6) is 0 Å². The van der Waals surface area contributed by atoms with Gasteiger partial charge in [0.2, 0.25) is 11.9 Å². The minimum absolute atomic E-state index is 0.0996. The normalized spacial score (nSPS) is 24.8. The molecule has 2 aliphatic rings. The molecule has 2 aliphatic heterocycles. The minimum atomic E-state index is -0.399. The molecule has 0 N–H and O–H groups in total. The second kappa shape index (κ2) is 7.51. The Labute approximate surface area is 167 Å². The predicted octanol–water partition coefficient (Wildman–Crippen LogP) is 2.34. The highest BCUT2D eigenvalue weighted by Crippen LogP contribution is 2.44. The van der Waals surface area contributed by atoms with E-state index in [9.17, 15) is 4.79 Å². The van der Waals surface area contributed by atoms with E-state index in [0.717, 1.165) is 45.0 Å². The maximum absolute atomic E-state index is 13.4. The zero-order valence-electron chi connectivity index (χ0n) is 17.0. The van der Waals surface area contributed by atoms with E-state index >= 15 is 0 Å². The maximum atomic E-state index is 13.4. The van der Waals surface area contributed by atoms with Crippen LogP contribution < -0.4 is 4.90 Å². The van der Waals surface area contributed by atoms with Crippen LogP contribution in [0.4, 0.5) is 5.95 Å². The summed E-state index contributed by atoms with van der Waals surface area (Å²) in [6, 6.07) is 10.5. The highest BCUT2D eigenvalue weighted by Gasteiger charge is 2.56. The molecule has 0 radical (unpaired) electrons. The second-order valence-corrected chi connectivity index (χ2v) is 8.31. The number of likely N-dealkylation sites (tertiary alicyclic amines) is 1. The summed E-state index contributed by atoms with van der Waals surface area (Å²) in [5.41, 5.74) is 2.23. The zero-order chi connectivity index (χ0) is 19.7. The monoisotopic (exact) mass is 379 g/mol. The van der Waals surface area contributed by atoms with Gasteiger partial charge in [0.15, 0.2) is 0 Å². The van der Waals surface area contributed by atoms with Crippen molar-refractivity contribution in [1.82, 2.24) is 19.8 Å². The maximum Gasteiger partial charge on any atom is 0.231 e. The molecule has 0 saturated carbocycles. The molecule has 4 rings (SSSR count). The van der Waals surface area contributed by atoms with Crippen molar-refractivity contribution in [2.24, 2.45) is 5.41 Å². The summed E-state index contributed by atoms with van der Waals surface area (Å²) in [4.78, 5) is 28.8. The Hall–Kier alpha value is -2.47. The second-order valence-electron chi connectivity index (χ2n) is 8.31. The highest BCUT2D eigenvalue weighted by molar-refractivity contribution is 5.85. The molecule has 148 valence electrons. The Balaban J connectivity index is 1.67. The van der Waals surface area contributed by atoms with E-state index in [-0.39, 0.29) is 11.9 Å². The van der Waals surface area contributed by atoms with Crippen molar-refractivity contribution < 1.29 is 4.79 Å². The molecule has 28 heavy (non-hydrogen) atoms. The van der Waals surface area contributed by atoms with Gasteiger partial charge in [-0.25, -0.2) is 9.97 Å². The molecule has 3 heterocycles. The predicted molar refractivity (Wildman–Crippen MR) is 110 cm³/mol. The number of aromatic nitrogens is 2. The molecular weight excluding hydrogens is 350 g/mol. The third kappa shape index (κ3) is 3.26. The van der Waals surface area contributed by atoms with Crippen molar-refractivity contribution in [2.75, 3.05) is 38.6 Å². The number of carbonyl (C=O) groups excluding carboxylic acids is 1. The van der Waals surface area contributed by atoms with Crippen molar-refractivity contribution in [3.8, 4) is 0 Å². The largest absolute Gasteiger partial charge is 0.348 e. The van der Waals surface area contributed by atoms with Gasteiger partial charge in [-0.05, 0) is 37.0 Å². The summed E-state index contributed by atoms with van der Waals surface area (Å²) in [6.45, 7) is 5.56. The van der Waals surface area contributed by atoms with Crippen molar-refractivity contribution in [1.29, 1.82) is 0 Å². The van der Waals surface area contributed by atoms with E-state index in [2.05, 4.69) is 51.0 Å². The molecule has 2 aromatic rings. The van der Waals surface area contributed by atoms with Crippen molar-refractivity contribution in [2.45, 2.75) is 32.4 Å². The fraction of sp³-hybridized carbons (Fsp3) is 0.500. The van der Waals surface area contributed by atoms with Crippen LogP contribution in [0.15, 0.2) is 42.7 Å². The van der Waals surface area contributed by atoms with Gasteiger partial charge < -0.3 is 9.80 Å². The molecule has 2 atom stereocenters. The number of hydrogen-bond donors (Lipinski definition) is 0. The molecule has 1 amide bonds. The molecule has 6 heteroatoms. The molecule has 2 fully saturated rings. The SMILES string of the molecule is Cc1ccccc1CN1C[C@H]2N(c3ncccn3)CCC[C@@]2(C(=O)N(C)C)C1. The zero-order valence-corrected chi connectivity index (χ0v) is 17.0. The summed E-state index contributed by atoms with van der Waals surface area (Å²) >= 11 is 0. The lowest BCUT2D eigenvalue weighted by Gasteiger charge is -2.45. The number of carbonyl (C=O) groups is 1.